The molecule has 236 valence electrons. The average molecular weight is 623 g/mol. The maximum Gasteiger partial charge on any atom is 0.206 e. The smallest absolute Gasteiger partial charge is 0.206 e. The van der Waals surface area contributed by atoms with E-state index in [2.05, 4.69) is 13.8 Å². The van der Waals surface area contributed by atoms with Gasteiger partial charge in [0.25, 0.3) is 0 Å². The van der Waals surface area contributed by atoms with E-state index >= 15 is 0 Å². The number of benzene rings is 2. The summed E-state index contributed by atoms with van der Waals surface area (Å²) in [4.78, 5) is 24.8. The van der Waals surface area contributed by atoms with Gasteiger partial charge in [-0.3, -0.25) is 9.59 Å². The monoisotopic (exact) mass is 622 g/mol. The van der Waals surface area contributed by atoms with Crippen molar-refractivity contribution in [3.63, 3.8) is 0 Å². The normalized spacial score (nSPS) is 35.8. The van der Waals surface area contributed by atoms with Gasteiger partial charge in [-0.05, 0) is 104 Å². The Bertz CT molecular complexity index is 1570. The van der Waals surface area contributed by atoms with Crippen LogP contribution in [0.3, 0.4) is 0 Å². The topological polar surface area (TPSA) is 181 Å². The van der Waals surface area contributed by atoms with Crippen molar-refractivity contribution in [3.8, 4) is 0 Å². The van der Waals surface area contributed by atoms with Crippen LogP contribution in [0.1, 0.15) is 46.5 Å². The van der Waals surface area contributed by atoms with Gasteiger partial charge in [-0.15, -0.1) is 0 Å². The molecule has 0 radical (unpaired) electrons. The predicted molar refractivity (Wildman–Crippen MR) is 167 cm³/mol. The fourth-order valence-electron chi connectivity index (χ4n) is 8.77. The van der Waals surface area contributed by atoms with Crippen LogP contribution in [0, 0.1) is 34.5 Å². The van der Waals surface area contributed by atoms with E-state index < -0.39 is 39.3 Å². The second kappa shape index (κ2) is 11.2. The third-order valence-electron chi connectivity index (χ3n) is 11.0. The molecule has 4 aliphatic carbocycles. The minimum Gasteiger partial charge on any atom is -0.399 e. The number of hydrogen-bond donors (Lipinski definition) is 5. The lowest BCUT2D eigenvalue weighted by Crippen LogP contribution is -2.62. The molecule has 0 spiro atoms. The number of Topliss-reactive ketones (excluding diaryl/α,β-unsaturated/α-hetero) is 1. The Morgan fingerprint density at radius 3 is 2.07 bits per heavy atom. The summed E-state index contributed by atoms with van der Waals surface area (Å²) in [6, 6.07) is 12.2. The molecule has 0 aliphatic heterocycles. The first-order valence-corrected chi connectivity index (χ1v) is 16.5. The van der Waals surface area contributed by atoms with Crippen LogP contribution < -0.4 is 11.5 Å². The Labute approximate surface area is 258 Å². The zero-order valence-electron chi connectivity index (χ0n) is 25.3. The van der Waals surface area contributed by atoms with Crippen molar-refractivity contribution in [1.82, 2.24) is 0 Å². The molecule has 10 heteroatoms. The Hall–Kier alpha value is -3.31. The van der Waals surface area contributed by atoms with Gasteiger partial charge in [0, 0.05) is 28.1 Å². The number of fused-ring (bicyclic) bond motifs is 5. The Morgan fingerprint density at radius 1 is 1.00 bits per heavy atom. The van der Waals surface area contributed by atoms with Gasteiger partial charge in [-0.1, -0.05) is 32.4 Å². The van der Waals surface area contributed by atoms with Crippen molar-refractivity contribution in [1.29, 1.82) is 0 Å². The second-order valence-electron chi connectivity index (χ2n) is 13.4. The predicted octanol–water partition coefficient (Wildman–Crippen LogP) is 3.49. The molecule has 2 aromatic rings. The molecule has 0 unspecified atom stereocenters. The number of anilines is 2. The summed E-state index contributed by atoms with van der Waals surface area (Å²) in [5, 5.41) is 31.9. The summed E-state index contributed by atoms with van der Waals surface area (Å²) >= 11 is 0. The van der Waals surface area contributed by atoms with Gasteiger partial charge in [-0.25, -0.2) is 8.42 Å². The highest BCUT2D eigenvalue weighted by molar-refractivity contribution is 7.91. The number of sulfone groups is 1. The van der Waals surface area contributed by atoms with Crippen LogP contribution in [0.5, 0.6) is 0 Å². The molecule has 0 aromatic heterocycles. The first kappa shape index (κ1) is 32.1. The molecule has 7 N–H and O–H groups in total. The zero-order chi connectivity index (χ0) is 32.2. The van der Waals surface area contributed by atoms with E-state index in [4.69, 9.17) is 11.5 Å². The summed E-state index contributed by atoms with van der Waals surface area (Å²) in [5.74, 6) is -0.0768. The lowest BCUT2D eigenvalue weighted by atomic mass is 9.45. The minimum atomic E-state index is -3.48. The molecule has 3 fully saturated rings. The maximum absolute atomic E-state index is 12.4. The van der Waals surface area contributed by atoms with Gasteiger partial charge in [0.1, 0.15) is 12.2 Å². The fraction of sp³-hybridized carbons (Fsp3) is 0.471. The molecule has 9 nitrogen and oxygen atoms in total. The quantitative estimate of drug-likeness (QED) is 0.319. The van der Waals surface area contributed by atoms with Gasteiger partial charge in [0.2, 0.25) is 9.84 Å². The molecule has 8 atom stereocenters. The Kier molecular flexibility index (Phi) is 8.20. The molecular weight excluding hydrogens is 580 g/mol. The number of ketones is 2. The largest absolute Gasteiger partial charge is 0.399 e. The molecule has 4 aliphatic rings. The van der Waals surface area contributed by atoms with E-state index in [1.165, 1.54) is 24.3 Å². The number of allylic oxidation sites excluding steroid dienone is 4. The van der Waals surface area contributed by atoms with Gasteiger partial charge >= 0.3 is 0 Å². The molecule has 6 rings (SSSR count). The first-order valence-electron chi connectivity index (χ1n) is 15.0. The van der Waals surface area contributed by atoms with Gasteiger partial charge in [0.05, 0.1) is 15.9 Å². The van der Waals surface area contributed by atoms with Crippen LogP contribution in [0.25, 0.3) is 0 Å². The van der Waals surface area contributed by atoms with Crippen molar-refractivity contribution >= 4 is 32.8 Å². The maximum atomic E-state index is 12.4. The zero-order valence-corrected chi connectivity index (χ0v) is 26.1. The molecular formula is C34H42N2O7S. The number of carbonyl (C=O) groups excluding carboxylic acids is 2. The molecule has 3 saturated carbocycles. The number of nitrogen functional groups attached to an aromatic ring is 2. The highest BCUT2D eigenvalue weighted by Gasteiger charge is 2.68. The van der Waals surface area contributed by atoms with Crippen molar-refractivity contribution in [2.45, 2.75) is 68.0 Å². The van der Waals surface area contributed by atoms with E-state index in [1.54, 1.807) is 36.4 Å². The van der Waals surface area contributed by atoms with E-state index in [0.29, 0.717) is 24.2 Å². The van der Waals surface area contributed by atoms with Gasteiger partial charge in [-0.2, -0.15) is 0 Å². The molecule has 0 heterocycles. The molecule has 0 bridgehead atoms. The number of aliphatic hydroxyl groups excluding tert-OH is 2. The molecule has 44 heavy (non-hydrogen) atoms. The third-order valence-corrected chi connectivity index (χ3v) is 12.7. The number of carbonyl (C=O) groups is 2. The van der Waals surface area contributed by atoms with Crippen molar-refractivity contribution in [2.24, 2.45) is 34.5 Å². The van der Waals surface area contributed by atoms with E-state index in [1.807, 2.05) is 13.0 Å². The number of hydrogen-bond acceptors (Lipinski definition) is 9. The second-order valence-corrected chi connectivity index (χ2v) is 15.3. The summed E-state index contributed by atoms with van der Waals surface area (Å²) in [6.07, 6.45) is 6.87. The van der Waals surface area contributed by atoms with Crippen LogP contribution in [0.2, 0.25) is 0 Å². The summed E-state index contributed by atoms with van der Waals surface area (Å²) in [5.41, 5.74) is 10.5. The average Bonchev–Trinajstić information content (AvgIpc) is 3.25. The van der Waals surface area contributed by atoms with E-state index in [9.17, 15) is 33.3 Å². The van der Waals surface area contributed by atoms with Crippen molar-refractivity contribution < 1.29 is 33.3 Å². The lowest BCUT2D eigenvalue weighted by Gasteiger charge is -2.60. The molecule has 0 saturated heterocycles. The lowest BCUT2D eigenvalue weighted by molar-refractivity contribution is -0.180. The van der Waals surface area contributed by atoms with Crippen LogP contribution in [0.15, 0.2) is 82.1 Å². The fourth-order valence-corrected chi connectivity index (χ4v) is 10.0. The SMILES string of the molecule is C[C@H]1C[C@@H]2[C@H]([C@@H](O)C[C@@]3(C)[C@H]2CC[C@]3(O)C(=O)CO)[C@@]2(C)C=CC(=O)C=C12.Nc1ccc(S(=O)(=O)c2ccc(N)cc2)cc1. The molecule has 2 aromatic carbocycles. The van der Waals surface area contributed by atoms with E-state index in [0.717, 1.165) is 18.4 Å². The third kappa shape index (κ3) is 5.01. The van der Waals surface area contributed by atoms with Crippen LogP contribution in [-0.2, 0) is 19.4 Å². The van der Waals surface area contributed by atoms with Crippen LogP contribution in [0.4, 0.5) is 11.4 Å². The van der Waals surface area contributed by atoms with E-state index in [-0.39, 0.29) is 44.7 Å². The summed E-state index contributed by atoms with van der Waals surface area (Å²) < 4.78 is 24.3. The van der Waals surface area contributed by atoms with Crippen molar-refractivity contribution in [3.05, 3.63) is 72.3 Å². The van der Waals surface area contributed by atoms with Crippen molar-refractivity contribution in [2.75, 3.05) is 18.1 Å². The first-order chi connectivity index (χ1) is 20.6. The highest BCUT2D eigenvalue weighted by Crippen LogP contribution is 2.67. The number of nitrogens with two attached hydrogens (primary N) is 2. The van der Waals surface area contributed by atoms with Crippen LogP contribution >= 0.6 is 0 Å². The highest BCUT2D eigenvalue weighted by atomic mass is 32.2. The summed E-state index contributed by atoms with van der Waals surface area (Å²) in [6.45, 7) is 5.48. The Morgan fingerprint density at radius 2 is 1.55 bits per heavy atom. The minimum absolute atomic E-state index is 0.00620. The van der Waals surface area contributed by atoms with Gasteiger partial charge in [0.15, 0.2) is 11.6 Å². The molecule has 0 amide bonds. The standard InChI is InChI=1S/C22H30O5.C12H12N2O2S/c1-12-8-14-15-5-7-22(27,18(26)11-23)21(15,3)10-17(25)19(14)20(2)6-4-13(24)9-16(12)20;13-9-1-5-11(6-2-9)17(15,16)12-7-3-10(14)4-8-12/h4,6,9,12,14-15,17,19,23,25,27H,5,7-8,10-11H2,1-3H3;1-8H,13-14H2/t12-,14-,15-,17-,19+,20-,21-,22-;/m0./s1. The van der Waals surface area contributed by atoms with Gasteiger partial charge < -0.3 is 26.8 Å². The Balaban J connectivity index is 0.000000195. The number of aliphatic hydroxyl groups is 3. The summed E-state index contributed by atoms with van der Waals surface area (Å²) in [7, 11) is -3.48. The number of rotatable bonds is 4. The van der Waals surface area contributed by atoms with Crippen LogP contribution in [-0.4, -0.2) is 53.6 Å².